The number of carbonyl (C=O) groups excluding carboxylic acids is 2. The summed E-state index contributed by atoms with van der Waals surface area (Å²) in [4.78, 5) is 33.1. The number of carbonyl (C=O) groups is 2. The molecule has 3 aromatic rings. The van der Waals surface area contributed by atoms with Crippen LogP contribution in [-0.4, -0.2) is 59.0 Å². The summed E-state index contributed by atoms with van der Waals surface area (Å²) in [7, 11) is 1.92. The Balaban J connectivity index is 1.22. The fourth-order valence-electron chi connectivity index (χ4n) is 3.45. The van der Waals surface area contributed by atoms with E-state index in [0.717, 1.165) is 23.9 Å². The molecule has 32 heavy (non-hydrogen) atoms. The molecule has 1 aliphatic heterocycles. The van der Waals surface area contributed by atoms with Crippen molar-refractivity contribution in [2.45, 2.75) is 10.9 Å². The minimum Gasteiger partial charge on any atom is -0.455 e. The summed E-state index contributed by atoms with van der Waals surface area (Å²) in [5.41, 5.74) is 1.05. The Morgan fingerprint density at radius 1 is 1.19 bits per heavy atom. The molecule has 0 radical (unpaired) electrons. The van der Waals surface area contributed by atoms with Crippen LogP contribution in [0.3, 0.4) is 0 Å². The maximum atomic E-state index is 12.5. The number of aromatic nitrogens is 2. The minimum absolute atomic E-state index is 0.0615. The largest absolute Gasteiger partial charge is 0.455 e. The van der Waals surface area contributed by atoms with Crippen LogP contribution in [0.25, 0.3) is 0 Å². The predicted octanol–water partition coefficient (Wildman–Crippen LogP) is 3.04. The van der Waals surface area contributed by atoms with Gasteiger partial charge in [-0.1, -0.05) is 29.4 Å². The van der Waals surface area contributed by atoms with Crippen LogP contribution in [0.1, 0.15) is 16.3 Å². The van der Waals surface area contributed by atoms with Crippen LogP contribution < -0.4 is 10.2 Å². The second-order valence-electron chi connectivity index (χ2n) is 7.41. The molecule has 168 valence electrons. The number of rotatable bonds is 7. The van der Waals surface area contributed by atoms with Crippen LogP contribution in [0.2, 0.25) is 5.02 Å². The zero-order chi connectivity index (χ0) is 22.5. The molecule has 2 aromatic heterocycles. The molecular formula is C22H24ClN5O3S. The number of hydrogen-bond acceptors (Lipinski definition) is 6. The van der Waals surface area contributed by atoms with Gasteiger partial charge in [-0.3, -0.25) is 9.59 Å². The lowest BCUT2D eigenvalue weighted by molar-refractivity contribution is -0.130. The van der Waals surface area contributed by atoms with Crippen molar-refractivity contribution < 1.29 is 14.0 Å². The number of piperazine rings is 1. The third-order valence-electron chi connectivity index (χ3n) is 5.21. The lowest BCUT2D eigenvalue weighted by Crippen LogP contribution is -2.51. The van der Waals surface area contributed by atoms with Crippen molar-refractivity contribution in [2.24, 2.45) is 7.05 Å². The average molecular weight is 474 g/mol. The van der Waals surface area contributed by atoms with Crippen molar-refractivity contribution >= 4 is 40.9 Å². The van der Waals surface area contributed by atoms with Gasteiger partial charge in [0.1, 0.15) is 5.76 Å². The highest BCUT2D eigenvalue weighted by atomic mass is 35.5. The van der Waals surface area contributed by atoms with Crippen LogP contribution in [0.15, 0.2) is 58.4 Å². The fraction of sp³-hybridized carbons (Fsp3) is 0.318. The van der Waals surface area contributed by atoms with E-state index >= 15 is 0 Å². The smallest absolute Gasteiger partial charge is 0.287 e. The van der Waals surface area contributed by atoms with Crippen LogP contribution in [0, 0.1) is 0 Å². The van der Waals surface area contributed by atoms with Gasteiger partial charge in [0.05, 0.1) is 12.3 Å². The predicted molar refractivity (Wildman–Crippen MR) is 124 cm³/mol. The Bertz CT molecular complexity index is 1090. The van der Waals surface area contributed by atoms with E-state index < -0.39 is 5.91 Å². The van der Waals surface area contributed by atoms with Gasteiger partial charge in [0.2, 0.25) is 5.91 Å². The maximum absolute atomic E-state index is 12.5. The van der Waals surface area contributed by atoms with E-state index in [-0.39, 0.29) is 18.2 Å². The van der Waals surface area contributed by atoms with E-state index in [1.54, 1.807) is 23.2 Å². The molecule has 0 bridgehead atoms. The maximum Gasteiger partial charge on any atom is 0.287 e. The van der Waals surface area contributed by atoms with Gasteiger partial charge < -0.3 is 24.1 Å². The second kappa shape index (κ2) is 10.1. The zero-order valence-corrected chi connectivity index (χ0v) is 19.2. The molecule has 0 atom stereocenters. The summed E-state index contributed by atoms with van der Waals surface area (Å²) in [6.45, 7) is 2.56. The van der Waals surface area contributed by atoms with Gasteiger partial charge in [-0.25, -0.2) is 4.98 Å². The van der Waals surface area contributed by atoms with Gasteiger partial charge in [-0.05, 0) is 30.3 Å². The summed E-state index contributed by atoms with van der Waals surface area (Å²) in [5.74, 6) is 0.921. The van der Waals surface area contributed by atoms with Crippen molar-refractivity contribution in [3.8, 4) is 0 Å². The third-order valence-corrected chi connectivity index (χ3v) is 6.53. The van der Waals surface area contributed by atoms with Crippen LogP contribution in [0.5, 0.6) is 0 Å². The first-order chi connectivity index (χ1) is 15.5. The number of imidazole rings is 1. The van der Waals surface area contributed by atoms with E-state index in [9.17, 15) is 9.59 Å². The molecule has 1 fully saturated rings. The summed E-state index contributed by atoms with van der Waals surface area (Å²) < 4.78 is 7.54. The second-order valence-corrected chi connectivity index (χ2v) is 8.78. The monoisotopic (exact) mass is 473 g/mol. The molecule has 8 nitrogen and oxygen atoms in total. The van der Waals surface area contributed by atoms with Gasteiger partial charge in [-0.15, -0.1) is 0 Å². The Kier molecular flexibility index (Phi) is 7.06. The van der Waals surface area contributed by atoms with Crippen molar-refractivity contribution in [2.75, 3.05) is 37.6 Å². The number of furan rings is 1. The minimum atomic E-state index is -0.399. The first-order valence-corrected chi connectivity index (χ1v) is 11.6. The van der Waals surface area contributed by atoms with Crippen molar-refractivity contribution in [3.63, 3.8) is 0 Å². The molecule has 1 aromatic carbocycles. The topological polar surface area (TPSA) is 83.6 Å². The van der Waals surface area contributed by atoms with Gasteiger partial charge in [0, 0.05) is 56.3 Å². The fourth-order valence-corrected chi connectivity index (χ4v) is 4.46. The lowest BCUT2D eigenvalue weighted by Gasteiger charge is -2.36. The number of benzene rings is 1. The van der Waals surface area contributed by atoms with E-state index in [1.807, 2.05) is 42.1 Å². The molecule has 0 saturated carbocycles. The standard InChI is InChI=1S/C22H24ClN5O3S/c1-26-8-7-24-22(26)32-15-18-5-6-19(31-18)21(30)25-14-20(29)28-11-9-27(10-12-28)17-4-2-3-16(23)13-17/h2-8,13H,9-12,14-15H2,1H3,(H,25,30). The lowest BCUT2D eigenvalue weighted by atomic mass is 10.2. The molecule has 1 aliphatic rings. The Morgan fingerprint density at radius 3 is 2.72 bits per heavy atom. The van der Waals surface area contributed by atoms with Crippen LogP contribution in [-0.2, 0) is 17.6 Å². The quantitative estimate of drug-likeness (QED) is 0.531. The van der Waals surface area contributed by atoms with Crippen molar-refractivity contribution in [1.29, 1.82) is 0 Å². The van der Waals surface area contributed by atoms with E-state index in [2.05, 4.69) is 15.2 Å². The number of amides is 2. The van der Waals surface area contributed by atoms with Gasteiger partial charge in [0.25, 0.3) is 5.91 Å². The Labute approximate surface area is 195 Å². The van der Waals surface area contributed by atoms with E-state index in [0.29, 0.717) is 29.6 Å². The summed E-state index contributed by atoms with van der Waals surface area (Å²) in [6.07, 6.45) is 3.61. The van der Waals surface area contributed by atoms with Crippen LogP contribution >= 0.6 is 23.4 Å². The molecule has 1 N–H and O–H groups in total. The zero-order valence-electron chi connectivity index (χ0n) is 17.7. The molecule has 3 heterocycles. The molecule has 0 aliphatic carbocycles. The molecule has 4 rings (SSSR count). The number of halogens is 1. The van der Waals surface area contributed by atoms with E-state index in [4.69, 9.17) is 16.0 Å². The van der Waals surface area contributed by atoms with Crippen molar-refractivity contribution in [3.05, 3.63) is 65.3 Å². The molecule has 2 amide bonds. The highest BCUT2D eigenvalue weighted by Crippen LogP contribution is 2.22. The molecule has 0 spiro atoms. The van der Waals surface area contributed by atoms with Gasteiger partial charge >= 0.3 is 0 Å². The number of nitrogens with zero attached hydrogens (tertiary/aromatic N) is 4. The van der Waals surface area contributed by atoms with Gasteiger partial charge in [0.15, 0.2) is 10.9 Å². The molecule has 10 heteroatoms. The third kappa shape index (κ3) is 5.46. The highest BCUT2D eigenvalue weighted by molar-refractivity contribution is 7.98. The normalized spacial score (nSPS) is 13.9. The number of nitrogens with one attached hydrogen (secondary N) is 1. The number of aryl methyl sites for hydroxylation is 1. The molecule has 1 saturated heterocycles. The SMILES string of the molecule is Cn1ccnc1SCc1ccc(C(=O)NCC(=O)N2CCN(c3cccc(Cl)c3)CC2)o1. The Morgan fingerprint density at radius 2 is 2.00 bits per heavy atom. The number of thioether (sulfide) groups is 1. The van der Waals surface area contributed by atoms with Gasteiger partial charge in [-0.2, -0.15) is 0 Å². The first-order valence-electron chi connectivity index (χ1n) is 10.2. The Hall–Kier alpha value is -2.91. The molecular weight excluding hydrogens is 450 g/mol. The first kappa shape index (κ1) is 22.3. The van der Waals surface area contributed by atoms with Crippen molar-refractivity contribution in [1.82, 2.24) is 19.8 Å². The highest BCUT2D eigenvalue weighted by Gasteiger charge is 2.22. The summed E-state index contributed by atoms with van der Waals surface area (Å²) >= 11 is 7.59. The number of anilines is 1. The summed E-state index contributed by atoms with van der Waals surface area (Å²) in [5, 5.41) is 4.22. The average Bonchev–Trinajstić information content (AvgIpc) is 3.45. The molecule has 0 unspecified atom stereocenters. The van der Waals surface area contributed by atoms with Crippen LogP contribution in [0.4, 0.5) is 5.69 Å². The van der Waals surface area contributed by atoms with E-state index in [1.165, 1.54) is 11.8 Å². The summed E-state index contributed by atoms with van der Waals surface area (Å²) in [6, 6.07) is 11.1. The number of hydrogen-bond donors (Lipinski definition) is 1.